The lowest BCUT2D eigenvalue weighted by atomic mass is 10.0. The lowest BCUT2D eigenvalue weighted by Crippen LogP contribution is -2.35. The second kappa shape index (κ2) is 3.75. The first-order chi connectivity index (χ1) is 6.73. The third-order valence-electron chi connectivity index (χ3n) is 2.77. The van der Waals surface area contributed by atoms with Gasteiger partial charge in [0.15, 0.2) is 0 Å². The van der Waals surface area contributed by atoms with Crippen molar-refractivity contribution in [3.05, 3.63) is 24.2 Å². The van der Waals surface area contributed by atoms with Gasteiger partial charge >= 0.3 is 0 Å². The number of hydrogen-bond acceptors (Lipinski definition) is 3. The van der Waals surface area contributed by atoms with E-state index in [1.54, 1.807) is 6.26 Å². The van der Waals surface area contributed by atoms with Crippen LogP contribution in [0.15, 0.2) is 22.8 Å². The molecule has 1 aliphatic rings. The Labute approximate surface area is 84.4 Å². The molecule has 0 aliphatic carbocycles. The number of nitrogens with one attached hydrogen (secondary N) is 1. The molecule has 0 radical (unpaired) electrons. The molecule has 2 unspecified atom stereocenters. The smallest absolute Gasteiger partial charge is 0.132 e. The van der Waals surface area contributed by atoms with Crippen LogP contribution < -0.4 is 5.32 Å². The fourth-order valence-corrected chi connectivity index (χ4v) is 2.08. The van der Waals surface area contributed by atoms with Gasteiger partial charge < -0.3 is 14.5 Å². The summed E-state index contributed by atoms with van der Waals surface area (Å²) in [6.45, 7) is 3.04. The Kier molecular flexibility index (Phi) is 2.61. The summed E-state index contributed by atoms with van der Waals surface area (Å²) in [5.74, 6) is 0.949. The molecule has 1 saturated heterocycles. The molecule has 1 fully saturated rings. The molecule has 3 nitrogen and oxygen atoms in total. The Hall–Kier alpha value is -0.800. The summed E-state index contributed by atoms with van der Waals surface area (Å²) in [6, 6.07) is 3.89. The van der Waals surface area contributed by atoms with Crippen LogP contribution in [-0.4, -0.2) is 19.2 Å². The van der Waals surface area contributed by atoms with E-state index in [0.717, 1.165) is 25.1 Å². The highest BCUT2D eigenvalue weighted by Crippen LogP contribution is 2.38. The standard InChI is InChI=1S/C11H17NO2/c1-11(8-12-2)6-5-10(14-11)9-4-3-7-13-9/h3-4,7,10,12H,5-6,8H2,1-2H3. The fourth-order valence-electron chi connectivity index (χ4n) is 2.08. The average molecular weight is 195 g/mol. The molecule has 78 valence electrons. The minimum atomic E-state index is -0.0355. The van der Waals surface area contributed by atoms with E-state index in [0.29, 0.717) is 0 Å². The quantitative estimate of drug-likeness (QED) is 0.802. The maximum Gasteiger partial charge on any atom is 0.132 e. The summed E-state index contributed by atoms with van der Waals surface area (Å²) in [6.07, 6.45) is 3.97. The van der Waals surface area contributed by atoms with Crippen LogP contribution in [0.5, 0.6) is 0 Å². The van der Waals surface area contributed by atoms with Crippen molar-refractivity contribution in [1.82, 2.24) is 5.32 Å². The largest absolute Gasteiger partial charge is 0.467 e. The molecule has 2 rings (SSSR count). The summed E-state index contributed by atoms with van der Waals surface area (Å²) in [4.78, 5) is 0. The molecule has 0 saturated carbocycles. The van der Waals surface area contributed by atoms with Crippen LogP contribution in [0, 0.1) is 0 Å². The average Bonchev–Trinajstić information content (AvgIpc) is 2.73. The normalized spacial score (nSPS) is 32.3. The van der Waals surface area contributed by atoms with E-state index in [9.17, 15) is 0 Å². The van der Waals surface area contributed by atoms with Gasteiger partial charge in [-0.3, -0.25) is 0 Å². The molecule has 0 amide bonds. The van der Waals surface area contributed by atoms with E-state index in [2.05, 4.69) is 12.2 Å². The van der Waals surface area contributed by atoms with Gasteiger partial charge in [0.2, 0.25) is 0 Å². The van der Waals surface area contributed by atoms with Crippen LogP contribution in [-0.2, 0) is 4.74 Å². The molecule has 1 aliphatic heterocycles. The molecule has 1 aromatic heterocycles. The van der Waals surface area contributed by atoms with Gasteiger partial charge in [-0.1, -0.05) is 0 Å². The van der Waals surface area contributed by atoms with Crippen LogP contribution in [0.2, 0.25) is 0 Å². The van der Waals surface area contributed by atoms with Gasteiger partial charge in [0, 0.05) is 6.54 Å². The zero-order valence-corrected chi connectivity index (χ0v) is 8.75. The zero-order valence-electron chi connectivity index (χ0n) is 8.75. The van der Waals surface area contributed by atoms with Crippen molar-refractivity contribution < 1.29 is 9.15 Å². The Morgan fingerprint density at radius 2 is 2.50 bits per heavy atom. The van der Waals surface area contributed by atoms with Crippen LogP contribution in [0.25, 0.3) is 0 Å². The molecule has 14 heavy (non-hydrogen) atoms. The first-order valence-corrected chi connectivity index (χ1v) is 5.09. The zero-order chi connectivity index (χ0) is 10.0. The lowest BCUT2D eigenvalue weighted by molar-refractivity contribution is -0.0351. The van der Waals surface area contributed by atoms with E-state index in [1.807, 2.05) is 19.2 Å². The molecule has 1 N–H and O–H groups in total. The Morgan fingerprint density at radius 3 is 3.14 bits per heavy atom. The van der Waals surface area contributed by atoms with Crippen LogP contribution in [0.1, 0.15) is 31.6 Å². The van der Waals surface area contributed by atoms with Gasteiger partial charge in [-0.2, -0.15) is 0 Å². The number of likely N-dealkylation sites (N-methyl/N-ethyl adjacent to an activating group) is 1. The highest BCUT2D eigenvalue weighted by molar-refractivity contribution is 5.05. The van der Waals surface area contributed by atoms with Gasteiger partial charge in [-0.25, -0.2) is 0 Å². The van der Waals surface area contributed by atoms with Gasteiger partial charge in [-0.05, 0) is 38.9 Å². The van der Waals surface area contributed by atoms with Crippen molar-refractivity contribution in [3.8, 4) is 0 Å². The van der Waals surface area contributed by atoms with Gasteiger partial charge in [0.05, 0.1) is 11.9 Å². The molecule has 2 heterocycles. The Bertz CT molecular complexity index is 283. The van der Waals surface area contributed by atoms with Crippen LogP contribution in [0.4, 0.5) is 0 Å². The number of rotatable bonds is 3. The van der Waals surface area contributed by atoms with Crippen molar-refractivity contribution in [2.75, 3.05) is 13.6 Å². The fraction of sp³-hybridized carbons (Fsp3) is 0.636. The highest BCUT2D eigenvalue weighted by Gasteiger charge is 2.37. The number of furan rings is 1. The van der Waals surface area contributed by atoms with Crippen LogP contribution in [0.3, 0.4) is 0 Å². The second-order valence-electron chi connectivity index (χ2n) is 4.14. The summed E-state index contributed by atoms with van der Waals surface area (Å²) >= 11 is 0. The van der Waals surface area contributed by atoms with Crippen molar-refractivity contribution in [1.29, 1.82) is 0 Å². The predicted octanol–water partition coefficient (Wildman–Crippen LogP) is 2.11. The van der Waals surface area contributed by atoms with E-state index >= 15 is 0 Å². The molecule has 2 atom stereocenters. The molecule has 0 spiro atoms. The second-order valence-corrected chi connectivity index (χ2v) is 4.14. The Morgan fingerprint density at radius 1 is 1.64 bits per heavy atom. The van der Waals surface area contributed by atoms with Crippen molar-refractivity contribution >= 4 is 0 Å². The first-order valence-electron chi connectivity index (χ1n) is 5.09. The monoisotopic (exact) mass is 195 g/mol. The van der Waals surface area contributed by atoms with E-state index in [4.69, 9.17) is 9.15 Å². The molecular formula is C11H17NO2. The third kappa shape index (κ3) is 1.83. The van der Waals surface area contributed by atoms with Crippen LogP contribution >= 0.6 is 0 Å². The SMILES string of the molecule is CNCC1(C)CCC(c2ccco2)O1. The first kappa shape index (κ1) is 9.74. The summed E-state index contributed by atoms with van der Waals surface area (Å²) < 4.78 is 11.3. The van der Waals surface area contributed by atoms with Crippen molar-refractivity contribution in [2.24, 2.45) is 0 Å². The maximum absolute atomic E-state index is 5.98. The van der Waals surface area contributed by atoms with Gasteiger partial charge in [0.25, 0.3) is 0 Å². The number of ether oxygens (including phenoxy) is 1. The molecular weight excluding hydrogens is 178 g/mol. The summed E-state index contributed by atoms with van der Waals surface area (Å²) in [5.41, 5.74) is -0.0355. The third-order valence-corrected chi connectivity index (χ3v) is 2.77. The van der Waals surface area contributed by atoms with E-state index in [-0.39, 0.29) is 11.7 Å². The number of hydrogen-bond donors (Lipinski definition) is 1. The van der Waals surface area contributed by atoms with Crippen molar-refractivity contribution in [3.63, 3.8) is 0 Å². The minimum absolute atomic E-state index is 0.0355. The summed E-state index contributed by atoms with van der Waals surface area (Å²) in [5, 5.41) is 3.16. The van der Waals surface area contributed by atoms with Gasteiger partial charge in [0.1, 0.15) is 11.9 Å². The molecule has 0 aromatic carbocycles. The van der Waals surface area contributed by atoms with Crippen molar-refractivity contribution in [2.45, 2.75) is 31.5 Å². The van der Waals surface area contributed by atoms with Gasteiger partial charge in [-0.15, -0.1) is 0 Å². The molecule has 1 aromatic rings. The molecule has 0 bridgehead atoms. The topological polar surface area (TPSA) is 34.4 Å². The maximum atomic E-state index is 5.98. The molecule has 3 heteroatoms. The van der Waals surface area contributed by atoms with E-state index in [1.165, 1.54) is 0 Å². The lowest BCUT2D eigenvalue weighted by Gasteiger charge is -2.23. The predicted molar refractivity (Wildman–Crippen MR) is 54.1 cm³/mol. The Balaban J connectivity index is 2.01. The summed E-state index contributed by atoms with van der Waals surface area (Å²) in [7, 11) is 1.95. The highest BCUT2D eigenvalue weighted by atomic mass is 16.5. The van der Waals surface area contributed by atoms with E-state index < -0.39 is 0 Å². The minimum Gasteiger partial charge on any atom is -0.467 e.